The highest BCUT2D eigenvalue weighted by Crippen LogP contribution is 2.26. The van der Waals surface area contributed by atoms with Crippen molar-refractivity contribution in [3.63, 3.8) is 0 Å². The average molecular weight is 295 g/mol. The number of urea groups is 1. The van der Waals surface area contributed by atoms with E-state index in [0.717, 1.165) is 12.0 Å². The standard InChI is InChI=1S/C12H14FN5OS/c1-7(17-18-12(19)14-2)9-10(13)16-11(20-9)8-4-3-5-15-6-8/h4-5H,3,6H2,1-2H3,(H2,14,18,19)/b17-7-. The summed E-state index contributed by atoms with van der Waals surface area (Å²) in [5, 5.41) is 6.78. The minimum Gasteiger partial charge on any atom is -0.340 e. The highest BCUT2D eigenvalue weighted by molar-refractivity contribution is 7.14. The van der Waals surface area contributed by atoms with E-state index >= 15 is 0 Å². The quantitative estimate of drug-likeness (QED) is 0.658. The van der Waals surface area contributed by atoms with Crippen LogP contribution in [0.5, 0.6) is 0 Å². The highest BCUT2D eigenvalue weighted by Gasteiger charge is 2.17. The van der Waals surface area contributed by atoms with Crippen LogP contribution in [0.25, 0.3) is 5.57 Å². The van der Waals surface area contributed by atoms with Gasteiger partial charge in [-0.25, -0.2) is 15.2 Å². The topological polar surface area (TPSA) is 78.7 Å². The molecule has 8 heteroatoms. The van der Waals surface area contributed by atoms with Gasteiger partial charge in [-0.1, -0.05) is 6.08 Å². The average Bonchev–Trinajstić information content (AvgIpc) is 2.87. The van der Waals surface area contributed by atoms with E-state index in [1.807, 2.05) is 12.3 Å². The number of thiazole rings is 1. The number of amides is 2. The van der Waals surface area contributed by atoms with Crippen LogP contribution in [0, 0.1) is 5.95 Å². The summed E-state index contributed by atoms with van der Waals surface area (Å²) in [7, 11) is 1.47. The summed E-state index contributed by atoms with van der Waals surface area (Å²) in [6.45, 7) is 2.13. The normalized spacial score (nSPS) is 14.9. The Kier molecular flexibility index (Phi) is 4.57. The third kappa shape index (κ3) is 3.27. The first kappa shape index (κ1) is 14.3. The number of carbonyl (C=O) groups excluding carboxylic acids is 1. The van der Waals surface area contributed by atoms with E-state index in [1.165, 1.54) is 18.4 Å². The van der Waals surface area contributed by atoms with Crippen LogP contribution in [0.4, 0.5) is 9.18 Å². The minimum atomic E-state index is -0.583. The Morgan fingerprint density at radius 3 is 3.00 bits per heavy atom. The molecule has 6 nitrogen and oxygen atoms in total. The fourth-order valence-corrected chi connectivity index (χ4v) is 2.48. The second-order valence-electron chi connectivity index (χ2n) is 4.02. The number of hydrogen-bond acceptors (Lipinski definition) is 5. The molecule has 0 radical (unpaired) electrons. The molecule has 0 aliphatic carbocycles. The molecule has 0 atom stereocenters. The number of dihydropyridines is 1. The first-order chi connectivity index (χ1) is 9.61. The van der Waals surface area contributed by atoms with E-state index in [2.05, 4.69) is 25.8 Å². The molecule has 0 unspecified atom stereocenters. The maximum Gasteiger partial charge on any atom is 0.334 e. The summed E-state index contributed by atoms with van der Waals surface area (Å²) in [5.41, 5.74) is 3.54. The minimum absolute atomic E-state index is 0.312. The van der Waals surface area contributed by atoms with Crippen LogP contribution in [-0.4, -0.2) is 36.5 Å². The van der Waals surface area contributed by atoms with E-state index in [1.54, 1.807) is 6.92 Å². The maximum absolute atomic E-state index is 13.8. The molecule has 2 N–H and O–H groups in total. The first-order valence-corrected chi connectivity index (χ1v) is 6.80. The molecule has 2 heterocycles. The molecule has 0 saturated heterocycles. The molecule has 1 aliphatic rings. The second-order valence-corrected chi connectivity index (χ2v) is 5.01. The van der Waals surface area contributed by atoms with Gasteiger partial charge in [-0.05, 0) is 6.92 Å². The van der Waals surface area contributed by atoms with Gasteiger partial charge in [-0.2, -0.15) is 9.49 Å². The lowest BCUT2D eigenvalue weighted by atomic mass is 10.2. The summed E-state index contributed by atoms with van der Waals surface area (Å²) in [6.07, 6.45) is 4.52. The molecule has 0 aromatic carbocycles. The molecule has 106 valence electrons. The van der Waals surface area contributed by atoms with Crippen LogP contribution in [0.1, 0.15) is 23.2 Å². The van der Waals surface area contributed by atoms with E-state index in [0.29, 0.717) is 22.1 Å². The Balaban J connectivity index is 2.18. The number of carbonyl (C=O) groups is 1. The van der Waals surface area contributed by atoms with Crippen molar-refractivity contribution < 1.29 is 9.18 Å². The van der Waals surface area contributed by atoms with Gasteiger partial charge in [0, 0.05) is 25.3 Å². The van der Waals surface area contributed by atoms with Gasteiger partial charge in [0.05, 0.1) is 12.3 Å². The summed E-state index contributed by atoms with van der Waals surface area (Å²) in [4.78, 5) is 19.4. The Labute approximate surface area is 119 Å². The van der Waals surface area contributed by atoms with Crippen LogP contribution < -0.4 is 10.7 Å². The van der Waals surface area contributed by atoms with Crippen molar-refractivity contribution in [3.8, 4) is 0 Å². The predicted octanol–water partition coefficient (Wildman–Crippen LogP) is 1.79. The smallest absolute Gasteiger partial charge is 0.334 e. The number of hydrogen-bond donors (Lipinski definition) is 2. The number of rotatable bonds is 3. The van der Waals surface area contributed by atoms with Gasteiger partial charge in [-0.15, -0.1) is 11.3 Å². The van der Waals surface area contributed by atoms with E-state index in [9.17, 15) is 9.18 Å². The predicted molar refractivity (Wildman–Crippen MR) is 77.8 cm³/mol. The van der Waals surface area contributed by atoms with Gasteiger partial charge < -0.3 is 5.32 Å². The highest BCUT2D eigenvalue weighted by atomic mass is 32.1. The van der Waals surface area contributed by atoms with Gasteiger partial charge in [0.2, 0.25) is 5.95 Å². The Hall–Kier alpha value is -2.09. The van der Waals surface area contributed by atoms with Crippen molar-refractivity contribution in [1.82, 2.24) is 15.7 Å². The van der Waals surface area contributed by atoms with Gasteiger partial charge in [-0.3, -0.25) is 4.99 Å². The molecular formula is C12H14FN5OS. The molecule has 2 amide bonds. The lowest BCUT2D eigenvalue weighted by Crippen LogP contribution is -2.29. The third-order valence-corrected chi connectivity index (χ3v) is 3.82. The van der Waals surface area contributed by atoms with Crippen LogP contribution in [0.15, 0.2) is 16.2 Å². The van der Waals surface area contributed by atoms with Gasteiger partial charge in [0.15, 0.2) is 0 Å². The number of aromatic nitrogens is 1. The van der Waals surface area contributed by atoms with Crippen LogP contribution in [-0.2, 0) is 0 Å². The van der Waals surface area contributed by atoms with Crippen LogP contribution in [0.3, 0.4) is 0 Å². The van der Waals surface area contributed by atoms with Gasteiger partial charge in [0.1, 0.15) is 9.88 Å². The molecule has 20 heavy (non-hydrogen) atoms. The molecule has 0 saturated carbocycles. The van der Waals surface area contributed by atoms with E-state index in [4.69, 9.17) is 0 Å². The monoisotopic (exact) mass is 295 g/mol. The zero-order valence-electron chi connectivity index (χ0n) is 11.1. The Morgan fingerprint density at radius 1 is 1.55 bits per heavy atom. The third-order valence-electron chi connectivity index (χ3n) is 2.60. The Morgan fingerprint density at radius 2 is 2.35 bits per heavy atom. The van der Waals surface area contributed by atoms with Crippen molar-refractivity contribution in [3.05, 3.63) is 21.9 Å². The maximum atomic E-state index is 13.8. The molecule has 0 bridgehead atoms. The molecule has 1 aliphatic heterocycles. The van der Waals surface area contributed by atoms with Crippen LogP contribution in [0.2, 0.25) is 0 Å². The zero-order valence-corrected chi connectivity index (χ0v) is 11.9. The fourth-order valence-electron chi connectivity index (χ4n) is 1.56. The molecule has 0 fully saturated rings. The van der Waals surface area contributed by atoms with Crippen molar-refractivity contribution >= 4 is 34.9 Å². The summed E-state index contributed by atoms with van der Waals surface area (Å²) in [6, 6.07) is -0.459. The molecular weight excluding hydrogens is 281 g/mol. The van der Waals surface area contributed by atoms with Crippen molar-refractivity contribution in [2.24, 2.45) is 10.1 Å². The summed E-state index contributed by atoms with van der Waals surface area (Å²) in [5.74, 6) is -0.583. The molecule has 2 rings (SSSR count). The molecule has 1 aromatic rings. The van der Waals surface area contributed by atoms with Gasteiger partial charge >= 0.3 is 6.03 Å². The lowest BCUT2D eigenvalue weighted by molar-refractivity contribution is 0.243. The number of halogens is 1. The number of allylic oxidation sites excluding steroid dienone is 1. The van der Waals surface area contributed by atoms with E-state index in [-0.39, 0.29) is 0 Å². The Bertz CT molecular complexity index is 605. The number of nitrogens with one attached hydrogen (secondary N) is 2. The number of aliphatic imine (C=N–C) groups is 1. The van der Waals surface area contributed by atoms with Crippen LogP contribution >= 0.6 is 11.3 Å². The van der Waals surface area contributed by atoms with E-state index < -0.39 is 12.0 Å². The van der Waals surface area contributed by atoms with Crippen molar-refractivity contribution in [2.45, 2.75) is 13.3 Å². The SMILES string of the molecule is CNC(=O)N/N=C(/C)c1sc(C2=CCC=NC2)nc1F. The van der Waals surface area contributed by atoms with Crippen molar-refractivity contribution in [2.75, 3.05) is 13.6 Å². The second kappa shape index (κ2) is 6.38. The fraction of sp³-hybridized carbons (Fsp3) is 0.333. The zero-order chi connectivity index (χ0) is 14.5. The van der Waals surface area contributed by atoms with Crippen molar-refractivity contribution in [1.29, 1.82) is 0 Å². The number of nitrogens with zero attached hydrogens (tertiary/aromatic N) is 3. The van der Waals surface area contributed by atoms with Gasteiger partial charge in [0.25, 0.3) is 0 Å². The number of hydrazone groups is 1. The molecule has 1 aromatic heterocycles. The largest absolute Gasteiger partial charge is 0.340 e. The lowest BCUT2D eigenvalue weighted by Gasteiger charge is -2.03. The first-order valence-electron chi connectivity index (χ1n) is 5.98. The summed E-state index contributed by atoms with van der Waals surface area (Å²) >= 11 is 1.20. The summed E-state index contributed by atoms with van der Waals surface area (Å²) < 4.78 is 13.8. The molecule has 0 spiro atoms.